The van der Waals surface area contributed by atoms with Crippen molar-refractivity contribution in [2.45, 2.75) is 45.4 Å². The van der Waals surface area contributed by atoms with Gasteiger partial charge in [-0.15, -0.1) is 0 Å². The number of nitrogens with zero attached hydrogens (tertiary/aromatic N) is 3. The van der Waals surface area contributed by atoms with E-state index in [0.29, 0.717) is 13.1 Å². The van der Waals surface area contributed by atoms with Crippen LogP contribution in [0.3, 0.4) is 0 Å². The Kier molecular flexibility index (Phi) is 5.58. The van der Waals surface area contributed by atoms with Gasteiger partial charge < -0.3 is 14.5 Å². The Morgan fingerprint density at radius 2 is 1.74 bits per heavy atom. The standard InChI is InChI=1S/C21H31N3O3/c1-15-8-6-7-9-16(15)18-19(27-14-17(25)22(18)5)20(26)23-10-12-24(13-11-23)21(2,3)4/h6-9,18-19H,10-14H2,1-5H3/t18-,19+/m1/s1. The highest BCUT2D eigenvalue weighted by molar-refractivity contribution is 5.86. The van der Waals surface area contributed by atoms with E-state index in [1.54, 1.807) is 11.9 Å². The first-order chi connectivity index (χ1) is 12.7. The van der Waals surface area contributed by atoms with E-state index in [2.05, 4.69) is 25.7 Å². The quantitative estimate of drug-likeness (QED) is 0.794. The van der Waals surface area contributed by atoms with Crippen LogP contribution in [0.25, 0.3) is 0 Å². The van der Waals surface area contributed by atoms with E-state index < -0.39 is 6.10 Å². The van der Waals surface area contributed by atoms with Crippen molar-refractivity contribution in [3.05, 3.63) is 35.4 Å². The molecule has 2 amide bonds. The molecule has 0 aromatic heterocycles. The Balaban J connectivity index is 1.80. The zero-order chi connectivity index (χ0) is 19.8. The van der Waals surface area contributed by atoms with Crippen molar-refractivity contribution in [2.75, 3.05) is 39.8 Å². The smallest absolute Gasteiger partial charge is 0.254 e. The SMILES string of the molecule is Cc1ccccc1[C@@H]1[C@@H](C(=O)N2CCN(C(C)(C)C)CC2)OCC(=O)N1C. The minimum absolute atomic E-state index is 0.0174. The lowest BCUT2D eigenvalue weighted by Gasteiger charge is -2.45. The topological polar surface area (TPSA) is 53.1 Å². The number of carbonyl (C=O) groups excluding carboxylic acids is 2. The molecule has 0 unspecified atom stereocenters. The normalized spacial score (nSPS) is 25.0. The minimum atomic E-state index is -0.657. The van der Waals surface area contributed by atoms with Crippen LogP contribution in [0.5, 0.6) is 0 Å². The molecule has 2 aliphatic rings. The third-order valence-electron chi connectivity index (χ3n) is 5.77. The number of amides is 2. The molecule has 6 heteroatoms. The lowest BCUT2D eigenvalue weighted by atomic mass is 9.93. The molecule has 6 nitrogen and oxygen atoms in total. The highest BCUT2D eigenvalue weighted by atomic mass is 16.5. The molecule has 27 heavy (non-hydrogen) atoms. The van der Waals surface area contributed by atoms with Crippen molar-refractivity contribution in [3.8, 4) is 0 Å². The zero-order valence-electron chi connectivity index (χ0n) is 17.1. The molecule has 1 aromatic carbocycles. The zero-order valence-corrected chi connectivity index (χ0v) is 17.1. The maximum Gasteiger partial charge on any atom is 0.254 e. The molecule has 0 saturated carbocycles. The monoisotopic (exact) mass is 373 g/mol. The number of aryl methyl sites for hydroxylation is 1. The molecule has 148 valence electrons. The van der Waals surface area contributed by atoms with Crippen molar-refractivity contribution in [3.63, 3.8) is 0 Å². The largest absolute Gasteiger partial charge is 0.356 e. The lowest BCUT2D eigenvalue weighted by molar-refractivity contribution is -0.168. The summed E-state index contributed by atoms with van der Waals surface area (Å²) in [5.74, 6) is -0.110. The molecule has 2 fully saturated rings. The van der Waals surface area contributed by atoms with E-state index in [1.807, 2.05) is 36.1 Å². The molecular weight excluding hydrogens is 342 g/mol. The first-order valence-electron chi connectivity index (χ1n) is 9.67. The van der Waals surface area contributed by atoms with Crippen LogP contribution in [0.4, 0.5) is 0 Å². The first kappa shape index (κ1) is 19.8. The average Bonchev–Trinajstić information content (AvgIpc) is 2.63. The number of benzene rings is 1. The van der Waals surface area contributed by atoms with Gasteiger partial charge in [0, 0.05) is 38.8 Å². The minimum Gasteiger partial charge on any atom is -0.356 e. The molecule has 2 saturated heterocycles. The summed E-state index contributed by atoms with van der Waals surface area (Å²) < 4.78 is 5.80. The van der Waals surface area contributed by atoms with Crippen molar-refractivity contribution in [1.29, 1.82) is 0 Å². The predicted octanol–water partition coefficient (Wildman–Crippen LogP) is 1.84. The number of hydrogen-bond acceptors (Lipinski definition) is 4. The van der Waals surface area contributed by atoms with Gasteiger partial charge in [0.25, 0.3) is 5.91 Å². The van der Waals surface area contributed by atoms with Gasteiger partial charge in [-0.3, -0.25) is 14.5 Å². The Morgan fingerprint density at radius 1 is 1.11 bits per heavy atom. The molecule has 2 heterocycles. The highest BCUT2D eigenvalue weighted by Gasteiger charge is 2.43. The third-order valence-corrected chi connectivity index (χ3v) is 5.77. The van der Waals surface area contributed by atoms with Crippen LogP contribution >= 0.6 is 0 Å². The van der Waals surface area contributed by atoms with E-state index in [9.17, 15) is 9.59 Å². The van der Waals surface area contributed by atoms with Gasteiger partial charge in [0.1, 0.15) is 6.61 Å². The number of morpholine rings is 1. The van der Waals surface area contributed by atoms with E-state index in [4.69, 9.17) is 4.74 Å². The van der Waals surface area contributed by atoms with Crippen LogP contribution in [0.15, 0.2) is 24.3 Å². The molecule has 0 spiro atoms. The van der Waals surface area contributed by atoms with Crippen LogP contribution in [-0.4, -0.2) is 78.0 Å². The molecule has 0 radical (unpaired) electrons. The summed E-state index contributed by atoms with van der Waals surface area (Å²) in [6.07, 6.45) is -0.657. The maximum atomic E-state index is 13.3. The van der Waals surface area contributed by atoms with E-state index in [0.717, 1.165) is 24.2 Å². The first-order valence-corrected chi connectivity index (χ1v) is 9.67. The Morgan fingerprint density at radius 3 is 2.33 bits per heavy atom. The Labute approximate surface area is 162 Å². The van der Waals surface area contributed by atoms with E-state index >= 15 is 0 Å². The second-order valence-corrected chi connectivity index (χ2v) is 8.52. The highest BCUT2D eigenvalue weighted by Crippen LogP contribution is 2.32. The molecule has 1 aromatic rings. The number of hydrogen-bond donors (Lipinski definition) is 0. The van der Waals surface area contributed by atoms with Crippen LogP contribution in [-0.2, 0) is 14.3 Å². The average molecular weight is 373 g/mol. The fraction of sp³-hybridized carbons (Fsp3) is 0.619. The van der Waals surface area contributed by atoms with Gasteiger partial charge in [0.2, 0.25) is 5.91 Å². The van der Waals surface area contributed by atoms with Crippen molar-refractivity contribution in [2.24, 2.45) is 0 Å². The molecule has 0 N–H and O–H groups in total. The number of likely N-dealkylation sites (N-methyl/N-ethyl adjacent to an activating group) is 1. The summed E-state index contributed by atoms with van der Waals surface area (Å²) in [4.78, 5) is 31.5. The summed E-state index contributed by atoms with van der Waals surface area (Å²) in [5.41, 5.74) is 2.13. The summed E-state index contributed by atoms with van der Waals surface area (Å²) in [5, 5.41) is 0. The van der Waals surface area contributed by atoms with Gasteiger partial charge in [-0.1, -0.05) is 24.3 Å². The molecule has 3 rings (SSSR count). The van der Waals surface area contributed by atoms with Gasteiger partial charge in [0.15, 0.2) is 6.10 Å². The van der Waals surface area contributed by atoms with Crippen molar-refractivity contribution < 1.29 is 14.3 Å². The van der Waals surface area contributed by atoms with Crippen LogP contribution in [0, 0.1) is 6.92 Å². The Bertz CT molecular complexity index is 705. The lowest BCUT2D eigenvalue weighted by Crippen LogP contribution is -2.59. The van der Waals surface area contributed by atoms with Gasteiger partial charge in [-0.25, -0.2) is 0 Å². The van der Waals surface area contributed by atoms with Gasteiger partial charge in [-0.05, 0) is 38.8 Å². The number of piperazine rings is 1. The van der Waals surface area contributed by atoms with Gasteiger partial charge in [0.05, 0.1) is 6.04 Å². The van der Waals surface area contributed by atoms with Crippen molar-refractivity contribution in [1.82, 2.24) is 14.7 Å². The molecule has 2 aliphatic heterocycles. The maximum absolute atomic E-state index is 13.3. The summed E-state index contributed by atoms with van der Waals surface area (Å²) in [7, 11) is 1.76. The number of carbonyl (C=O) groups is 2. The summed E-state index contributed by atoms with van der Waals surface area (Å²) in [6.45, 7) is 11.6. The fourth-order valence-corrected chi connectivity index (χ4v) is 3.99. The molecule has 2 atom stereocenters. The van der Waals surface area contributed by atoms with Crippen LogP contribution < -0.4 is 0 Å². The second-order valence-electron chi connectivity index (χ2n) is 8.52. The predicted molar refractivity (Wildman–Crippen MR) is 104 cm³/mol. The van der Waals surface area contributed by atoms with E-state index in [1.165, 1.54) is 0 Å². The van der Waals surface area contributed by atoms with Crippen LogP contribution in [0.1, 0.15) is 37.9 Å². The van der Waals surface area contributed by atoms with E-state index in [-0.39, 0.29) is 30.0 Å². The fourth-order valence-electron chi connectivity index (χ4n) is 3.99. The summed E-state index contributed by atoms with van der Waals surface area (Å²) >= 11 is 0. The van der Waals surface area contributed by atoms with Crippen molar-refractivity contribution >= 4 is 11.8 Å². The molecule has 0 aliphatic carbocycles. The number of ether oxygens (including phenoxy) is 1. The molecule has 0 bridgehead atoms. The second kappa shape index (κ2) is 7.60. The van der Waals surface area contributed by atoms with Gasteiger partial charge in [-0.2, -0.15) is 0 Å². The third kappa shape index (κ3) is 4.01. The molecular formula is C21H31N3O3. The number of rotatable bonds is 2. The Hall–Kier alpha value is -1.92. The summed E-state index contributed by atoms with van der Waals surface area (Å²) in [6, 6.07) is 7.51. The van der Waals surface area contributed by atoms with Crippen LogP contribution in [0.2, 0.25) is 0 Å². The van der Waals surface area contributed by atoms with Gasteiger partial charge >= 0.3 is 0 Å².